The Hall–Kier alpha value is -2.40. The van der Waals surface area contributed by atoms with Crippen LogP contribution in [0.25, 0.3) is 0 Å². The van der Waals surface area contributed by atoms with Crippen molar-refractivity contribution in [3.05, 3.63) is 60.8 Å². The molecule has 0 N–H and O–H groups in total. The third-order valence-corrected chi connectivity index (χ3v) is 12.0. The Bertz CT molecular complexity index is 1100. The Morgan fingerprint density at radius 2 is 0.703 bits per heavy atom. The highest BCUT2D eigenvalue weighted by molar-refractivity contribution is 5.70. The van der Waals surface area contributed by atoms with Crippen LogP contribution in [0.5, 0.6) is 0 Å². The summed E-state index contributed by atoms with van der Waals surface area (Å²) < 4.78 is 17.4. The molecule has 0 unspecified atom stereocenters. The van der Waals surface area contributed by atoms with Crippen LogP contribution < -0.4 is 0 Å². The van der Waals surface area contributed by atoms with Gasteiger partial charge in [-0.1, -0.05) is 242 Å². The minimum Gasteiger partial charge on any atom is -0.462 e. The summed E-state index contributed by atoms with van der Waals surface area (Å²) in [6, 6.07) is 0. The Morgan fingerprint density at radius 3 is 1.14 bits per heavy atom. The summed E-state index contributed by atoms with van der Waals surface area (Å²) in [5, 5.41) is 0. The van der Waals surface area contributed by atoms with Crippen LogP contribution in [0.4, 0.5) is 0 Å². The molecule has 0 amide bonds. The van der Waals surface area contributed by atoms with Crippen molar-refractivity contribution in [1.29, 1.82) is 0 Å². The molecule has 64 heavy (non-hydrogen) atoms. The molecule has 0 radical (unpaired) electrons. The molecule has 1 atom stereocenters. The van der Waals surface area contributed by atoms with Crippen molar-refractivity contribution < 1.29 is 23.8 Å². The number of esters is 2. The Morgan fingerprint density at radius 1 is 0.359 bits per heavy atom. The zero-order chi connectivity index (χ0) is 46.3. The Balaban J connectivity index is 4.31. The lowest BCUT2D eigenvalue weighted by Gasteiger charge is -2.18. The van der Waals surface area contributed by atoms with E-state index in [9.17, 15) is 9.59 Å². The first-order chi connectivity index (χ1) is 31.6. The Labute approximate surface area is 398 Å². The first-order valence-corrected chi connectivity index (χ1v) is 27.8. The van der Waals surface area contributed by atoms with Crippen LogP contribution in [-0.2, 0) is 23.8 Å². The molecule has 0 aromatic carbocycles. The lowest BCUT2D eigenvalue weighted by Crippen LogP contribution is -2.30. The molecule has 0 aromatic rings. The summed E-state index contributed by atoms with van der Waals surface area (Å²) in [5.74, 6) is -0.423. The van der Waals surface area contributed by atoms with Gasteiger partial charge in [0, 0.05) is 19.4 Å². The van der Waals surface area contributed by atoms with Gasteiger partial charge in [-0.3, -0.25) is 9.59 Å². The van der Waals surface area contributed by atoms with Crippen LogP contribution in [0.3, 0.4) is 0 Å². The minimum atomic E-state index is -0.551. The van der Waals surface area contributed by atoms with Gasteiger partial charge in [-0.15, -0.1) is 0 Å². The lowest BCUT2D eigenvalue weighted by molar-refractivity contribution is -0.163. The first-order valence-electron chi connectivity index (χ1n) is 27.8. The number of carbonyl (C=O) groups is 2. The van der Waals surface area contributed by atoms with Crippen molar-refractivity contribution in [2.24, 2.45) is 0 Å². The predicted molar refractivity (Wildman–Crippen MR) is 279 cm³/mol. The predicted octanol–water partition coefficient (Wildman–Crippen LogP) is 18.9. The highest BCUT2D eigenvalue weighted by Crippen LogP contribution is 2.15. The number of hydrogen-bond donors (Lipinski definition) is 0. The summed E-state index contributed by atoms with van der Waals surface area (Å²) in [5.41, 5.74) is 0. The van der Waals surface area contributed by atoms with E-state index in [1.54, 1.807) is 0 Å². The zero-order valence-corrected chi connectivity index (χ0v) is 42.8. The van der Waals surface area contributed by atoms with Gasteiger partial charge in [-0.25, -0.2) is 0 Å². The molecule has 0 aliphatic rings. The summed E-state index contributed by atoms with van der Waals surface area (Å²) in [6.45, 7) is 7.72. The lowest BCUT2D eigenvalue weighted by atomic mass is 10.0. The van der Waals surface area contributed by atoms with Gasteiger partial charge in [-0.2, -0.15) is 0 Å². The molecule has 0 spiro atoms. The smallest absolute Gasteiger partial charge is 0.306 e. The van der Waals surface area contributed by atoms with Gasteiger partial charge < -0.3 is 14.2 Å². The van der Waals surface area contributed by atoms with Crippen LogP contribution in [0.15, 0.2) is 60.8 Å². The van der Waals surface area contributed by atoms with Gasteiger partial charge in [-0.05, 0) is 83.5 Å². The van der Waals surface area contributed by atoms with Crippen LogP contribution in [-0.4, -0.2) is 37.9 Å². The normalized spacial score (nSPS) is 12.6. The number of allylic oxidation sites excluding steroid dienone is 10. The average Bonchev–Trinajstić information content (AvgIpc) is 3.30. The molecule has 372 valence electrons. The monoisotopic (exact) mass is 895 g/mol. The summed E-state index contributed by atoms with van der Waals surface area (Å²) in [7, 11) is 0. The van der Waals surface area contributed by atoms with E-state index in [-0.39, 0.29) is 25.2 Å². The van der Waals surface area contributed by atoms with E-state index in [1.807, 2.05) is 0 Å². The van der Waals surface area contributed by atoms with Gasteiger partial charge >= 0.3 is 11.9 Å². The van der Waals surface area contributed by atoms with Crippen molar-refractivity contribution in [2.45, 2.75) is 284 Å². The maximum atomic E-state index is 12.8. The fourth-order valence-electron chi connectivity index (χ4n) is 7.91. The van der Waals surface area contributed by atoms with Crippen molar-refractivity contribution in [3.8, 4) is 0 Å². The maximum Gasteiger partial charge on any atom is 0.306 e. The molecule has 5 nitrogen and oxygen atoms in total. The number of ether oxygens (including phenoxy) is 3. The van der Waals surface area contributed by atoms with Gasteiger partial charge in [0.1, 0.15) is 6.61 Å². The number of hydrogen-bond acceptors (Lipinski definition) is 5. The third kappa shape index (κ3) is 52.2. The second kappa shape index (κ2) is 54.9. The molecule has 5 heteroatoms. The van der Waals surface area contributed by atoms with E-state index < -0.39 is 6.10 Å². The average molecular weight is 895 g/mol. The van der Waals surface area contributed by atoms with Crippen LogP contribution in [0.2, 0.25) is 0 Å². The third-order valence-electron chi connectivity index (χ3n) is 12.0. The Kier molecular flexibility index (Phi) is 52.9. The topological polar surface area (TPSA) is 61.8 Å². The molecule has 0 rings (SSSR count). The molecule has 0 bridgehead atoms. The van der Waals surface area contributed by atoms with Crippen LogP contribution in [0.1, 0.15) is 278 Å². The number of unbranched alkanes of at least 4 members (excludes halogenated alkanes) is 30. The fraction of sp³-hybridized carbons (Fsp3) is 0.797. The number of rotatable bonds is 51. The SMILES string of the molecule is CC/C=C\C/C=C\C/C=C\C/C=C\CCCCCCC(=O)O[C@H](COCCCCCCCCCCCCCCCCCC)COC(=O)CCCCCCC/C=C\CCCCCCCC. The molecule has 0 aliphatic carbocycles. The van der Waals surface area contributed by atoms with Crippen molar-refractivity contribution in [2.75, 3.05) is 19.8 Å². The van der Waals surface area contributed by atoms with E-state index in [0.29, 0.717) is 19.4 Å². The van der Waals surface area contributed by atoms with Gasteiger partial charge in [0.15, 0.2) is 6.10 Å². The standard InChI is InChI=1S/C59H106O5/c1-4-7-10-13-16-19-22-25-28-30-32-35-38-41-44-47-50-53-59(61)64-57(55-62-54-51-48-45-42-39-36-33-29-26-23-20-17-14-11-8-5-2)56-63-58(60)52-49-46-43-40-37-34-31-27-24-21-18-15-12-9-6-3/h7,10,16,19,25,27-28,31-32,35,57H,4-6,8-9,11-15,17-18,20-24,26,29-30,33-34,36-56H2,1-3H3/b10-7-,19-16-,28-25-,31-27-,35-32-/t57-/m1/s1. The first kappa shape index (κ1) is 61.6. The molecule has 0 aliphatic heterocycles. The molecule has 0 saturated heterocycles. The maximum absolute atomic E-state index is 12.8. The van der Waals surface area contributed by atoms with E-state index >= 15 is 0 Å². The number of carbonyl (C=O) groups excluding carboxylic acids is 2. The second-order valence-corrected chi connectivity index (χ2v) is 18.5. The summed E-state index contributed by atoms with van der Waals surface area (Å²) in [4.78, 5) is 25.5. The molecule has 0 fully saturated rings. The minimum absolute atomic E-state index is 0.0729. The van der Waals surface area contributed by atoms with E-state index in [0.717, 1.165) is 96.3 Å². The molecule has 0 heterocycles. The molecular weight excluding hydrogens is 789 g/mol. The highest BCUT2D eigenvalue weighted by atomic mass is 16.6. The van der Waals surface area contributed by atoms with E-state index in [4.69, 9.17) is 14.2 Å². The van der Waals surface area contributed by atoms with Gasteiger partial charge in [0.25, 0.3) is 0 Å². The largest absolute Gasteiger partial charge is 0.462 e. The van der Waals surface area contributed by atoms with Crippen LogP contribution in [0, 0.1) is 0 Å². The van der Waals surface area contributed by atoms with Crippen molar-refractivity contribution in [1.82, 2.24) is 0 Å². The van der Waals surface area contributed by atoms with Gasteiger partial charge in [0.05, 0.1) is 6.61 Å². The van der Waals surface area contributed by atoms with Crippen molar-refractivity contribution >= 4 is 11.9 Å². The van der Waals surface area contributed by atoms with E-state index in [1.165, 1.54) is 148 Å². The summed E-state index contributed by atoms with van der Waals surface area (Å²) in [6.07, 6.45) is 69.5. The van der Waals surface area contributed by atoms with Crippen molar-refractivity contribution in [3.63, 3.8) is 0 Å². The quantitative estimate of drug-likeness (QED) is 0.0346. The van der Waals surface area contributed by atoms with Crippen LogP contribution >= 0.6 is 0 Å². The van der Waals surface area contributed by atoms with E-state index in [2.05, 4.69) is 81.5 Å². The second-order valence-electron chi connectivity index (χ2n) is 18.5. The molecular formula is C59H106O5. The highest BCUT2D eigenvalue weighted by Gasteiger charge is 2.17. The van der Waals surface area contributed by atoms with Gasteiger partial charge in [0.2, 0.25) is 0 Å². The zero-order valence-electron chi connectivity index (χ0n) is 42.8. The molecule has 0 aromatic heterocycles. The fourth-order valence-corrected chi connectivity index (χ4v) is 7.91. The summed E-state index contributed by atoms with van der Waals surface area (Å²) >= 11 is 0. The molecule has 0 saturated carbocycles.